The van der Waals surface area contributed by atoms with Gasteiger partial charge in [0.2, 0.25) is 0 Å². The Morgan fingerprint density at radius 2 is 2.05 bits per heavy atom. The maximum atomic E-state index is 11.5. The zero-order chi connectivity index (χ0) is 16.2. The fourth-order valence-corrected chi connectivity index (χ4v) is 1.31. The van der Waals surface area contributed by atoms with Crippen molar-refractivity contribution < 1.29 is 14.3 Å². The van der Waals surface area contributed by atoms with Crippen LogP contribution in [0.2, 0.25) is 0 Å². The number of hydrogen-bond donors (Lipinski definition) is 4. The van der Waals surface area contributed by atoms with Crippen LogP contribution in [0.1, 0.15) is 31.3 Å². The minimum atomic E-state index is -0.767. The quantitative estimate of drug-likeness (QED) is 0.452. The van der Waals surface area contributed by atoms with Crippen LogP contribution in [0.4, 0.5) is 4.79 Å². The van der Waals surface area contributed by atoms with Crippen LogP contribution in [0.3, 0.4) is 0 Å². The van der Waals surface area contributed by atoms with E-state index in [0.29, 0.717) is 0 Å². The monoisotopic (exact) mass is 294 g/mol. The number of amides is 2. The largest absolute Gasteiger partial charge is 0.444 e. The molecule has 1 rings (SSSR count). The first-order chi connectivity index (χ1) is 9.60. The Balaban J connectivity index is 2.77. The summed E-state index contributed by atoms with van der Waals surface area (Å²) in [6, 6.07) is 2.57. The van der Waals surface area contributed by atoms with E-state index in [1.807, 2.05) is 0 Å². The van der Waals surface area contributed by atoms with E-state index in [1.165, 1.54) is 12.1 Å². The third-order valence-corrected chi connectivity index (χ3v) is 2.14. The first-order valence-electron chi connectivity index (χ1n) is 6.09. The van der Waals surface area contributed by atoms with Crippen LogP contribution in [-0.2, 0) is 4.74 Å². The van der Waals surface area contributed by atoms with Crippen molar-refractivity contribution in [3.05, 3.63) is 23.3 Å². The number of nitrogens with zero attached hydrogens (tertiary/aromatic N) is 2. The molecule has 0 aromatic carbocycles. The Morgan fingerprint density at radius 1 is 1.43 bits per heavy atom. The SMILES string of the molecule is CC(C)(C)OC(=O)NCC(=N)n1nc(C(N)=O)ccc1=N. The van der Waals surface area contributed by atoms with Crippen molar-refractivity contribution in [1.29, 1.82) is 10.8 Å². The fourth-order valence-electron chi connectivity index (χ4n) is 1.31. The molecule has 0 spiro atoms. The molecule has 0 saturated carbocycles. The molecule has 0 fully saturated rings. The molecule has 0 atom stereocenters. The summed E-state index contributed by atoms with van der Waals surface area (Å²) in [7, 11) is 0. The summed E-state index contributed by atoms with van der Waals surface area (Å²) >= 11 is 0. The maximum Gasteiger partial charge on any atom is 0.408 e. The van der Waals surface area contributed by atoms with Gasteiger partial charge in [0.1, 0.15) is 22.6 Å². The second-order valence-corrected chi connectivity index (χ2v) is 5.18. The number of hydrogen-bond acceptors (Lipinski definition) is 6. The molecule has 9 nitrogen and oxygen atoms in total. The normalized spacial score (nSPS) is 10.8. The first kappa shape index (κ1) is 16.3. The van der Waals surface area contributed by atoms with Crippen LogP contribution < -0.4 is 16.5 Å². The third kappa shape index (κ3) is 5.05. The molecule has 0 aliphatic rings. The van der Waals surface area contributed by atoms with Crippen molar-refractivity contribution in [2.24, 2.45) is 5.73 Å². The number of carbonyl (C=O) groups is 2. The minimum absolute atomic E-state index is 0.0759. The fraction of sp³-hybridized carbons (Fsp3) is 0.417. The van der Waals surface area contributed by atoms with Crippen molar-refractivity contribution in [1.82, 2.24) is 15.1 Å². The van der Waals surface area contributed by atoms with Gasteiger partial charge in [-0.1, -0.05) is 0 Å². The molecule has 0 aliphatic heterocycles. The molecular formula is C12H18N6O3. The van der Waals surface area contributed by atoms with Gasteiger partial charge >= 0.3 is 6.09 Å². The van der Waals surface area contributed by atoms with Crippen molar-refractivity contribution in [3.8, 4) is 0 Å². The Morgan fingerprint density at radius 3 is 2.57 bits per heavy atom. The van der Waals surface area contributed by atoms with Gasteiger partial charge in [0.05, 0.1) is 6.54 Å². The van der Waals surface area contributed by atoms with E-state index < -0.39 is 17.6 Å². The number of nitrogens with one attached hydrogen (secondary N) is 3. The first-order valence-corrected chi connectivity index (χ1v) is 6.09. The van der Waals surface area contributed by atoms with Gasteiger partial charge in [-0.3, -0.25) is 15.6 Å². The summed E-state index contributed by atoms with van der Waals surface area (Å²) < 4.78 is 5.92. The standard InChI is InChI=1S/C12H18N6O3/c1-12(2,3)21-11(20)16-6-9(14)18-8(13)5-4-7(17-18)10(15)19/h4-5,13-14H,6H2,1-3H3,(H2,15,19)(H,16,20). The average molecular weight is 294 g/mol. The maximum absolute atomic E-state index is 11.5. The lowest BCUT2D eigenvalue weighted by Gasteiger charge is -2.19. The molecule has 1 aromatic rings. The molecule has 0 aliphatic carbocycles. The average Bonchev–Trinajstić information content (AvgIpc) is 2.34. The van der Waals surface area contributed by atoms with Crippen LogP contribution in [0, 0.1) is 10.8 Å². The summed E-state index contributed by atoms with van der Waals surface area (Å²) in [4.78, 5) is 22.5. The van der Waals surface area contributed by atoms with Crippen LogP contribution in [0.15, 0.2) is 12.1 Å². The highest BCUT2D eigenvalue weighted by Crippen LogP contribution is 2.06. The van der Waals surface area contributed by atoms with E-state index >= 15 is 0 Å². The van der Waals surface area contributed by atoms with E-state index in [4.69, 9.17) is 21.3 Å². The topological polar surface area (TPSA) is 147 Å². The van der Waals surface area contributed by atoms with Gasteiger partial charge in [0.25, 0.3) is 5.91 Å². The predicted molar refractivity (Wildman–Crippen MR) is 74.0 cm³/mol. The van der Waals surface area contributed by atoms with Gasteiger partial charge in [0, 0.05) is 0 Å². The number of nitrogens with two attached hydrogens (primary N) is 1. The van der Waals surface area contributed by atoms with Gasteiger partial charge < -0.3 is 15.8 Å². The van der Waals surface area contributed by atoms with E-state index in [2.05, 4.69) is 10.4 Å². The number of alkyl carbamates (subject to hydrolysis) is 1. The van der Waals surface area contributed by atoms with Crippen LogP contribution >= 0.6 is 0 Å². The lowest BCUT2D eigenvalue weighted by molar-refractivity contribution is 0.0535. The molecule has 1 aromatic heterocycles. The zero-order valence-corrected chi connectivity index (χ0v) is 12.1. The van der Waals surface area contributed by atoms with Gasteiger partial charge in [-0.25, -0.2) is 4.79 Å². The Kier molecular flexibility index (Phi) is 4.79. The second-order valence-electron chi connectivity index (χ2n) is 5.18. The lowest BCUT2D eigenvalue weighted by atomic mass is 10.2. The summed E-state index contributed by atoms with van der Waals surface area (Å²) in [5.74, 6) is -0.967. The highest BCUT2D eigenvalue weighted by Gasteiger charge is 2.16. The Bertz CT molecular complexity index is 629. The summed E-state index contributed by atoms with van der Waals surface area (Å²) in [6.07, 6.45) is -0.689. The van der Waals surface area contributed by atoms with Gasteiger partial charge in [-0.05, 0) is 32.9 Å². The molecule has 0 radical (unpaired) electrons. The smallest absolute Gasteiger partial charge is 0.408 e. The van der Waals surface area contributed by atoms with Crippen molar-refractivity contribution in [2.75, 3.05) is 6.54 Å². The molecule has 0 saturated heterocycles. The molecule has 0 unspecified atom stereocenters. The van der Waals surface area contributed by atoms with E-state index in [1.54, 1.807) is 20.8 Å². The highest BCUT2D eigenvalue weighted by molar-refractivity contribution is 5.91. The van der Waals surface area contributed by atoms with Crippen LogP contribution in [0.5, 0.6) is 0 Å². The molecule has 0 bridgehead atoms. The van der Waals surface area contributed by atoms with E-state index in [0.717, 1.165) is 4.68 Å². The van der Waals surface area contributed by atoms with Crippen LogP contribution in [0.25, 0.3) is 0 Å². The predicted octanol–water partition coefficient (Wildman–Crippen LogP) is -0.188. The molecule has 9 heteroatoms. The van der Waals surface area contributed by atoms with Crippen LogP contribution in [-0.4, -0.2) is 39.8 Å². The molecule has 2 amide bonds. The molecule has 21 heavy (non-hydrogen) atoms. The van der Waals surface area contributed by atoms with Crippen molar-refractivity contribution >= 4 is 17.8 Å². The summed E-state index contributed by atoms with van der Waals surface area (Å²) in [5.41, 5.74) is 4.25. The van der Waals surface area contributed by atoms with Gasteiger partial charge in [-0.15, -0.1) is 0 Å². The minimum Gasteiger partial charge on any atom is -0.444 e. The number of aromatic nitrogens is 2. The number of primary amides is 1. The van der Waals surface area contributed by atoms with Crippen molar-refractivity contribution in [2.45, 2.75) is 26.4 Å². The van der Waals surface area contributed by atoms with Gasteiger partial charge in [0.15, 0.2) is 0 Å². The second kappa shape index (κ2) is 6.16. The molecular weight excluding hydrogens is 276 g/mol. The highest BCUT2D eigenvalue weighted by atomic mass is 16.6. The lowest BCUT2D eigenvalue weighted by Crippen LogP contribution is -2.40. The number of rotatable bonds is 3. The molecule has 5 N–H and O–H groups in total. The van der Waals surface area contributed by atoms with E-state index in [-0.39, 0.29) is 23.6 Å². The van der Waals surface area contributed by atoms with Gasteiger partial charge in [-0.2, -0.15) is 9.78 Å². The summed E-state index contributed by atoms with van der Waals surface area (Å²) in [5, 5.41) is 21.6. The van der Waals surface area contributed by atoms with E-state index in [9.17, 15) is 9.59 Å². The number of carbonyl (C=O) groups excluding carboxylic acids is 2. The third-order valence-electron chi connectivity index (χ3n) is 2.14. The molecule has 1 heterocycles. The Hall–Kier alpha value is -2.71. The Labute approximate surface area is 121 Å². The molecule has 114 valence electrons. The summed E-state index contributed by atoms with van der Waals surface area (Å²) in [6.45, 7) is 4.94. The zero-order valence-electron chi connectivity index (χ0n) is 12.1. The number of ether oxygens (including phenoxy) is 1. The van der Waals surface area contributed by atoms with Crippen molar-refractivity contribution in [3.63, 3.8) is 0 Å².